The molecule has 0 bridgehead atoms. The van der Waals surface area contributed by atoms with Crippen molar-refractivity contribution in [2.45, 2.75) is 6.92 Å². The Morgan fingerprint density at radius 2 is 2.36 bits per heavy atom. The van der Waals surface area contributed by atoms with Gasteiger partial charge in [0, 0.05) is 17.7 Å². The van der Waals surface area contributed by atoms with Crippen molar-refractivity contribution >= 4 is 12.0 Å². The van der Waals surface area contributed by atoms with E-state index in [1.807, 2.05) is 30.6 Å². The Kier molecular flexibility index (Phi) is 3.61. The van der Waals surface area contributed by atoms with Gasteiger partial charge in [0.15, 0.2) is 12.4 Å². The smallest absolute Gasteiger partial charge is 0.328 e. The molecule has 1 aromatic heterocycles. The van der Waals surface area contributed by atoms with Gasteiger partial charge in [0.05, 0.1) is 0 Å². The molecule has 0 fully saturated rings. The lowest BCUT2D eigenvalue weighted by Gasteiger charge is -1.89. The van der Waals surface area contributed by atoms with Crippen molar-refractivity contribution < 1.29 is 14.9 Å². The molecule has 0 saturated carbocycles. The second-order valence-corrected chi connectivity index (χ2v) is 2.90. The van der Waals surface area contributed by atoms with Crippen LogP contribution in [0.4, 0.5) is 0 Å². The molecule has 0 radical (unpaired) electrons. The van der Waals surface area contributed by atoms with Gasteiger partial charge in [-0.1, -0.05) is 6.08 Å². The Labute approximate surface area is 82.4 Å². The van der Waals surface area contributed by atoms with Crippen LogP contribution in [0.5, 0.6) is 0 Å². The zero-order valence-electron chi connectivity index (χ0n) is 7.90. The molecule has 0 saturated heterocycles. The quantitative estimate of drug-likeness (QED) is 0.580. The van der Waals surface area contributed by atoms with Crippen LogP contribution in [-0.4, -0.2) is 11.1 Å². The Morgan fingerprint density at radius 3 is 2.93 bits per heavy atom. The highest BCUT2D eigenvalue weighted by molar-refractivity contribution is 5.81. The minimum Gasteiger partial charge on any atom is -0.478 e. The topological polar surface area (TPSA) is 51.4 Å². The lowest BCUT2D eigenvalue weighted by molar-refractivity contribution is -0.378. The molecule has 1 aromatic rings. The number of H-pyrrole nitrogens is 1. The molecule has 3 heteroatoms. The van der Waals surface area contributed by atoms with E-state index in [-0.39, 0.29) is 0 Å². The van der Waals surface area contributed by atoms with Gasteiger partial charge in [-0.3, -0.25) is 0 Å². The molecule has 1 heterocycles. The first-order chi connectivity index (χ1) is 6.68. The van der Waals surface area contributed by atoms with Crippen LogP contribution in [0.25, 0.3) is 6.08 Å². The normalized spacial score (nSPS) is 11.9. The Bertz CT molecular complexity index is 366. The van der Waals surface area contributed by atoms with E-state index >= 15 is 0 Å². The summed E-state index contributed by atoms with van der Waals surface area (Å²) in [5.74, 6) is -0.924. The second kappa shape index (κ2) is 4.97. The summed E-state index contributed by atoms with van der Waals surface area (Å²) >= 11 is 0. The summed E-state index contributed by atoms with van der Waals surface area (Å²) in [7, 11) is 0. The zero-order chi connectivity index (χ0) is 10.4. The molecule has 0 aliphatic heterocycles. The maximum Gasteiger partial charge on any atom is 0.328 e. The number of aromatic nitrogens is 1. The number of rotatable bonds is 3. The first-order valence-corrected chi connectivity index (χ1v) is 4.24. The third-order valence-corrected chi connectivity index (χ3v) is 1.62. The summed E-state index contributed by atoms with van der Waals surface area (Å²) in [4.78, 5) is 13.2. The fourth-order valence-electron chi connectivity index (χ4n) is 0.981. The molecule has 0 aliphatic carbocycles. The maximum atomic E-state index is 10.3. The molecule has 0 spiro atoms. The Balaban J connectivity index is 2.70. The molecule has 1 rings (SSSR count). The third kappa shape index (κ3) is 3.67. The van der Waals surface area contributed by atoms with Gasteiger partial charge in [-0.2, -0.15) is 0 Å². The number of aliphatic carboxylic acids is 1. The van der Waals surface area contributed by atoms with Gasteiger partial charge in [0.1, 0.15) is 0 Å². The van der Waals surface area contributed by atoms with Crippen LogP contribution in [0.2, 0.25) is 0 Å². The molecule has 0 unspecified atom stereocenters. The molecule has 0 amide bonds. The summed E-state index contributed by atoms with van der Waals surface area (Å²) in [6, 6.07) is 3.82. The highest BCUT2D eigenvalue weighted by Gasteiger charge is 1.91. The van der Waals surface area contributed by atoms with Gasteiger partial charge in [-0.25, -0.2) is 9.78 Å². The number of carboxylic acids is 1. The van der Waals surface area contributed by atoms with Gasteiger partial charge in [-0.15, -0.1) is 0 Å². The van der Waals surface area contributed by atoms with E-state index in [4.69, 9.17) is 5.11 Å². The summed E-state index contributed by atoms with van der Waals surface area (Å²) in [6.07, 6.45) is 8.44. The highest BCUT2D eigenvalue weighted by atomic mass is 16.4. The standard InChI is InChI=1S/C11H11NO2/c1-9(7-11(13)14)4-5-10-3-2-6-12-8-10/h2-8H,1H3,(H,13,14)/p+1/b5-4+,9-7+. The summed E-state index contributed by atoms with van der Waals surface area (Å²) in [5, 5.41) is 8.46. The van der Waals surface area contributed by atoms with Gasteiger partial charge in [-0.05, 0) is 24.6 Å². The van der Waals surface area contributed by atoms with Crippen LogP contribution in [-0.2, 0) is 4.79 Å². The van der Waals surface area contributed by atoms with Crippen molar-refractivity contribution in [1.29, 1.82) is 0 Å². The second-order valence-electron chi connectivity index (χ2n) is 2.90. The first kappa shape index (κ1) is 10.2. The minimum atomic E-state index is -0.924. The van der Waals surface area contributed by atoms with E-state index in [0.717, 1.165) is 5.56 Å². The van der Waals surface area contributed by atoms with Gasteiger partial charge >= 0.3 is 5.97 Å². The molecule has 0 atom stereocenters. The average molecular weight is 190 g/mol. The molecule has 0 aliphatic rings. The zero-order valence-corrected chi connectivity index (χ0v) is 7.90. The minimum absolute atomic E-state index is 0.710. The van der Waals surface area contributed by atoms with Crippen LogP contribution < -0.4 is 4.98 Å². The predicted octanol–water partition coefficient (Wildman–Crippen LogP) is 1.54. The number of pyridine rings is 1. The molecule has 3 nitrogen and oxygen atoms in total. The lowest BCUT2D eigenvalue weighted by Crippen LogP contribution is -1.97. The number of allylic oxidation sites excluding steroid dienone is 2. The molecular weight excluding hydrogens is 178 g/mol. The Hall–Kier alpha value is -1.90. The monoisotopic (exact) mass is 190 g/mol. The number of carboxylic acid groups (broad SMARTS) is 1. The SMILES string of the molecule is CC(/C=C/c1ccc[nH+]c1)=C\C(=O)O. The summed E-state index contributed by atoms with van der Waals surface area (Å²) < 4.78 is 0. The molecular formula is C11H12NO2+. The largest absolute Gasteiger partial charge is 0.478 e. The van der Waals surface area contributed by atoms with Crippen molar-refractivity contribution in [3.8, 4) is 0 Å². The van der Waals surface area contributed by atoms with Crippen LogP contribution in [0.3, 0.4) is 0 Å². The van der Waals surface area contributed by atoms with Gasteiger partial charge in [0.25, 0.3) is 0 Å². The molecule has 0 aromatic carbocycles. The van der Waals surface area contributed by atoms with E-state index in [1.54, 1.807) is 13.0 Å². The van der Waals surface area contributed by atoms with E-state index < -0.39 is 5.97 Å². The number of hydrogen-bond acceptors (Lipinski definition) is 1. The van der Waals surface area contributed by atoms with Crippen LogP contribution >= 0.6 is 0 Å². The summed E-state index contributed by atoms with van der Waals surface area (Å²) in [6.45, 7) is 1.75. The maximum absolute atomic E-state index is 10.3. The number of hydrogen-bond donors (Lipinski definition) is 1. The molecule has 72 valence electrons. The van der Waals surface area contributed by atoms with Crippen molar-refractivity contribution in [2.24, 2.45) is 0 Å². The van der Waals surface area contributed by atoms with Crippen LogP contribution in [0, 0.1) is 0 Å². The fraction of sp³-hybridized carbons (Fsp3) is 0.0909. The van der Waals surface area contributed by atoms with Crippen molar-refractivity contribution in [3.05, 3.63) is 47.8 Å². The lowest BCUT2D eigenvalue weighted by atomic mass is 10.2. The summed E-state index contributed by atoms with van der Waals surface area (Å²) in [5.41, 5.74) is 1.71. The van der Waals surface area contributed by atoms with Crippen molar-refractivity contribution in [2.75, 3.05) is 0 Å². The third-order valence-electron chi connectivity index (χ3n) is 1.62. The highest BCUT2D eigenvalue weighted by Crippen LogP contribution is 2.01. The van der Waals surface area contributed by atoms with E-state index in [9.17, 15) is 4.79 Å². The first-order valence-electron chi connectivity index (χ1n) is 4.24. The number of aromatic amines is 1. The number of nitrogens with one attached hydrogen (secondary N) is 1. The van der Waals surface area contributed by atoms with Gasteiger partial charge in [0.2, 0.25) is 0 Å². The van der Waals surface area contributed by atoms with Gasteiger partial charge < -0.3 is 5.11 Å². The van der Waals surface area contributed by atoms with Crippen molar-refractivity contribution in [3.63, 3.8) is 0 Å². The Morgan fingerprint density at radius 1 is 1.57 bits per heavy atom. The van der Waals surface area contributed by atoms with E-state index in [2.05, 4.69) is 4.98 Å². The van der Waals surface area contributed by atoms with Crippen LogP contribution in [0.1, 0.15) is 12.5 Å². The van der Waals surface area contributed by atoms with E-state index in [1.165, 1.54) is 6.08 Å². The number of carbonyl (C=O) groups is 1. The van der Waals surface area contributed by atoms with Crippen LogP contribution in [0.15, 0.2) is 42.3 Å². The molecule has 2 N–H and O–H groups in total. The van der Waals surface area contributed by atoms with Crippen molar-refractivity contribution in [1.82, 2.24) is 0 Å². The average Bonchev–Trinajstić information content (AvgIpc) is 2.15. The predicted molar refractivity (Wildman–Crippen MR) is 53.4 cm³/mol. The van der Waals surface area contributed by atoms with E-state index in [0.29, 0.717) is 5.57 Å². The fourth-order valence-corrected chi connectivity index (χ4v) is 0.981. The molecule has 14 heavy (non-hydrogen) atoms.